The maximum Gasteiger partial charge on any atom is 0.311 e. The molecule has 0 bridgehead atoms. The van der Waals surface area contributed by atoms with Crippen LogP contribution in [0, 0.1) is 5.92 Å². The van der Waals surface area contributed by atoms with Crippen molar-refractivity contribution in [2.75, 3.05) is 0 Å². The first-order valence-corrected chi connectivity index (χ1v) is 12.1. The second-order valence-corrected chi connectivity index (χ2v) is 8.15. The largest absolute Gasteiger partial charge is 0.423 e. The van der Waals surface area contributed by atoms with Gasteiger partial charge in [-0.15, -0.1) is 0 Å². The van der Waals surface area contributed by atoms with Crippen LogP contribution in [0.2, 0.25) is 0 Å². The molecule has 0 saturated carbocycles. The second-order valence-electron chi connectivity index (χ2n) is 8.15. The molecular formula is C26H42O4. The van der Waals surface area contributed by atoms with Gasteiger partial charge in [-0.25, -0.2) is 0 Å². The van der Waals surface area contributed by atoms with Gasteiger partial charge in [-0.2, -0.15) is 0 Å². The molecule has 1 aromatic carbocycles. The fraction of sp³-hybridized carbons (Fsp3) is 0.692. The molecule has 0 aliphatic rings. The fourth-order valence-corrected chi connectivity index (χ4v) is 3.67. The summed E-state index contributed by atoms with van der Waals surface area (Å²) < 4.78 is 11.0. The first-order valence-electron chi connectivity index (χ1n) is 12.1. The summed E-state index contributed by atoms with van der Waals surface area (Å²) in [6, 6.07) is 5.57. The quantitative estimate of drug-likeness (QED) is 0.159. The molecule has 1 rings (SSSR count). The molecule has 170 valence electrons. The highest BCUT2D eigenvalue weighted by molar-refractivity contribution is 5.76. The van der Waals surface area contributed by atoms with Crippen LogP contribution in [0.3, 0.4) is 0 Å². The highest BCUT2D eigenvalue weighted by Crippen LogP contribution is 2.34. The Hall–Kier alpha value is -1.84. The number of esters is 2. The van der Waals surface area contributed by atoms with E-state index in [1.807, 2.05) is 12.1 Å². The number of hydrogen-bond acceptors (Lipinski definition) is 4. The summed E-state index contributed by atoms with van der Waals surface area (Å²) in [4.78, 5) is 23.8. The highest BCUT2D eigenvalue weighted by atomic mass is 16.6. The van der Waals surface area contributed by atoms with Gasteiger partial charge in [-0.1, -0.05) is 97.6 Å². The van der Waals surface area contributed by atoms with Gasteiger partial charge in [0.2, 0.25) is 0 Å². The van der Waals surface area contributed by atoms with Gasteiger partial charge in [0.05, 0.1) is 0 Å². The van der Waals surface area contributed by atoms with Gasteiger partial charge in [0.25, 0.3) is 0 Å². The van der Waals surface area contributed by atoms with Crippen LogP contribution in [-0.2, 0) is 16.0 Å². The van der Waals surface area contributed by atoms with Crippen LogP contribution in [0.1, 0.15) is 110 Å². The molecule has 0 heterocycles. The van der Waals surface area contributed by atoms with Crippen molar-refractivity contribution in [1.29, 1.82) is 0 Å². The van der Waals surface area contributed by atoms with Crippen LogP contribution in [0.25, 0.3) is 0 Å². The molecule has 4 heteroatoms. The zero-order valence-electron chi connectivity index (χ0n) is 19.6. The number of aryl methyl sites for hydroxylation is 1. The number of ether oxygens (including phenoxy) is 2. The van der Waals surface area contributed by atoms with Crippen molar-refractivity contribution in [1.82, 2.24) is 0 Å². The van der Waals surface area contributed by atoms with E-state index < -0.39 is 0 Å². The van der Waals surface area contributed by atoms with Crippen molar-refractivity contribution in [3.63, 3.8) is 0 Å². The SMILES string of the molecule is CCCCCCC(CCCCC)CCc1cccc(OC(=O)CC)c1OC(=O)CC. The van der Waals surface area contributed by atoms with E-state index in [1.165, 1.54) is 57.8 Å². The molecule has 0 saturated heterocycles. The maximum absolute atomic E-state index is 12.0. The van der Waals surface area contributed by atoms with Crippen molar-refractivity contribution in [3.8, 4) is 11.5 Å². The van der Waals surface area contributed by atoms with Crippen LogP contribution in [0.15, 0.2) is 18.2 Å². The third-order valence-corrected chi connectivity index (χ3v) is 5.58. The lowest BCUT2D eigenvalue weighted by molar-refractivity contribution is -0.136. The molecule has 0 aliphatic carbocycles. The molecular weight excluding hydrogens is 376 g/mol. The molecule has 1 unspecified atom stereocenters. The summed E-state index contributed by atoms with van der Waals surface area (Å²) in [5.74, 6) is 0.825. The summed E-state index contributed by atoms with van der Waals surface area (Å²) in [6.45, 7) is 8.01. The summed E-state index contributed by atoms with van der Waals surface area (Å²) in [5.41, 5.74) is 0.951. The van der Waals surface area contributed by atoms with E-state index >= 15 is 0 Å². The van der Waals surface area contributed by atoms with Crippen LogP contribution in [0.5, 0.6) is 11.5 Å². The zero-order valence-corrected chi connectivity index (χ0v) is 19.6. The lowest BCUT2D eigenvalue weighted by Crippen LogP contribution is -2.12. The molecule has 0 aliphatic heterocycles. The van der Waals surface area contributed by atoms with E-state index in [0.717, 1.165) is 18.4 Å². The molecule has 1 atom stereocenters. The predicted octanol–water partition coefficient (Wildman–Crippen LogP) is 7.42. The summed E-state index contributed by atoms with van der Waals surface area (Å²) in [6.07, 6.45) is 13.9. The second kappa shape index (κ2) is 15.9. The van der Waals surface area contributed by atoms with E-state index in [4.69, 9.17) is 9.47 Å². The van der Waals surface area contributed by atoms with E-state index in [9.17, 15) is 9.59 Å². The number of para-hydroxylation sites is 1. The van der Waals surface area contributed by atoms with E-state index in [0.29, 0.717) is 17.4 Å². The lowest BCUT2D eigenvalue weighted by atomic mass is 9.89. The average molecular weight is 419 g/mol. The van der Waals surface area contributed by atoms with Crippen molar-refractivity contribution in [2.45, 2.75) is 111 Å². The third-order valence-electron chi connectivity index (χ3n) is 5.58. The monoisotopic (exact) mass is 418 g/mol. The predicted molar refractivity (Wildman–Crippen MR) is 123 cm³/mol. The van der Waals surface area contributed by atoms with E-state index in [1.54, 1.807) is 19.9 Å². The Labute approximate surface area is 183 Å². The van der Waals surface area contributed by atoms with E-state index in [-0.39, 0.29) is 24.8 Å². The Morgan fingerprint density at radius 3 is 2.00 bits per heavy atom. The normalized spacial score (nSPS) is 11.9. The smallest absolute Gasteiger partial charge is 0.311 e. The van der Waals surface area contributed by atoms with Crippen LogP contribution < -0.4 is 9.47 Å². The molecule has 0 spiro atoms. The Bertz CT molecular complexity index is 623. The third kappa shape index (κ3) is 10.3. The average Bonchev–Trinajstić information content (AvgIpc) is 2.75. The molecule has 0 amide bonds. The zero-order chi connectivity index (χ0) is 22.2. The van der Waals surface area contributed by atoms with Gasteiger partial charge >= 0.3 is 11.9 Å². The number of unbranched alkanes of at least 4 members (excludes halogenated alkanes) is 5. The topological polar surface area (TPSA) is 52.6 Å². The Morgan fingerprint density at radius 2 is 1.37 bits per heavy atom. The van der Waals surface area contributed by atoms with Crippen LogP contribution in [0.4, 0.5) is 0 Å². The lowest BCUT2D eigenvalue weighted by Gasteiger charge is -2.19. The minimum atomic E-state index is -0.325. The molecule has 1 aromatic rings. The minimum Gasteiger partial charge on any atom is -0.423 e. The summed E-state index contributed by atoms with van der Waals surface area (Å²) in [5, 5.41) is 0. The molecule has 0 N–H and O–H groups in total. The van der Waals surface area contributed by atoms with Crippen molar-refractivity contribution in [3.05, 3.63) is 23.8 Å². The van der Waals surface area contributed by atoms with Crippen molar-refractivity contribution in [2.24, 2.45) is 5.92 Å². The number of carbonyl (C=O) groups excluding carboxylic acids is 2. The van der Waals surface area contributed by atoms with Gasteiger partial charge in [0.1, 0.15) is 0 Å². The van der Waals surface area contributed by atoms with Crippen molar-refractivity contribution < 1.29 is 19.1 Å². The maximum atomic E-state index is 12.0. The van der Waals surface area contributed by atoms with Gasteiger partial charge in [0.15, 0.2) is 11.5 Å². The van der Waals surface area contributed by atoms with Gasteiger partial charge in [-0.3, -0.25) is 9.59 Å². The first kappa shape index (κ1) is 26.2. The van der Waals surface area contributed by atoms with Crippen molar-refractivity contribution >= 4 is 11.9 Å². The summed E-state index contributed by atoms with van der Waals surface area (Å²) in [7, 11) is 0. The first-order chi connectivity index (χ1) is 14.5. The number of rotatable bonds is 16. The highest BCUT2D eigenvalue weighted by Gasteiger charge is 2.18. The summed E-state index contributed by atoms with van der Waals surface area (Å²) >= 11 is 0. The number of hydrogen-bond donors (Lipinski definition) is 0. The molecule has 30 heavy (non-hydrogen) atoms. The Kier molecular flexibility index (Phi) is 13.9. The van der Waals surface area contributed by atoms with E-state index in [2.05, 4.69) is 13.8 Å². The van der Waals surface area contributed by atoms with Gasteiger partial charge in [0, 0.05) is 12.8 Å². The van der Waals surface area contributed by atoms with Crippen LogP contribution in [-0.4, -0.2) is 11.9 Å². The number of carbonyl (C=O) groups is 2. The number of benzene rings is 1. The Balaban J connectivity index is 2.90. The van der Waals surface area contributed by atoms with Gasteiger partial charge < -0.3 is 9.47 Å². The molecule has 0 fully saturated rings. The standard InChI is InChI=1S/C26H42O4/c1-5-9-11-13-16-21(15-12-10-6-2)19-20-22-17-14-18-23(29-24(27)7-3)26(22)30-25(28)8-4/h14,17-18,21H,5-13,15-16,19-20H2,1-4H3. The Morgan fingerprint density at radius 1 is 0.767 bits per heavy atom. The molecule has 0 aromatic heterocycles. The van der Waals surface area contributed by atoms with Gasteiger partial charge in [-0.05, 0) is 30.4 Å². The molecule has 0 radical (unpaired) electrons. The minimum absolute atomic E-state index is 0.280. The van der Waals surface area contributed by atoms with Crippen LogP contribution >= 0.6 is 0 Å². The fourth-order valence-electron chi connectivity index (χ4n) is 3.67. The molecule has 4 nitrogen and oxygen atoms in total.